The summed E-state index contributed by atoms with van der Waals surface area (Å²) >= 11 is 0. The van der Waals surface area contributed by atoms with E-state index in [0.29, 0.717) is 19.6 Å². The summed E-state index contributed by atoms with van der Waals surface area (Å²) in [6.07, 6.45) is 3.39. The molecule has 1 aromatic rings. The van der Waals surface area contributed by atoms with Gasteiger partial charge in [0.1, 0.15) is 6.67 Å². The molecule has 1 atom stereocenters. The van der Waals surface area contributed by atoms with Gasteiger partial charge in [-0.1, -0.05) is 6.07 Å². The lowest BCUT2D eigenvalue weighted by Crippen LogP contribution is -2.56. The number of piperazine rings is 1. The second kappa shape index (κ2) is 7.68. The van der Waals surface area contributed by atoms with E-state index in [-0.39, 0.29) is 24.8 Å². The predicted octanol–water partition coefficient (Wildman–Crippen LogP) is -0.142. The zero-order valence-electron chi connectivity index (χ0n) is 11.7. The minimum atomic E-state index is -0.570. The second-order valence-corrected chi connectivity index (χ2v) is 4.86. The standard InChI is InChI=1S/C14H19FN4O2/c15-3-6-19-7-5-17-12(14(19)21)8-13(20)18-10-11-2-1-4-16-9-11/h1-2,4,9,12,17H,3,5-8,10H2,(H,18,20). The summed E-state index contributed by atoms with van der Waals surface area (Å²) in [5.41, 5.74) is 0.896. The van der Waals surface area contributed by atoms with Crippen molar-refractivity contribution in [2.24, 2.45) is 0 Å². The molecule has 0 saturated carbocycles. The minimum Gasteiger partial charge on any atom is -0.352 e. The highest BCUT2D eigenvalue weighted by Crippen LogP contribution is 2.05. The maximum Gasteiger partial charge on any atom is 0.240 e. The van der Waals surface area contributed by atoms with Gasteiger partial charge < -0.3 is 15.5 Å². The fourth-order valence-electron chi connectivity index (χ4n) is 2.24. The number of alkyl halides is 1. The Bertz CT molecular complexity index is 481. The molecule has 21 heavy (non-hydrogen) atoms. The molecule has 1 aliphatic rings. The number of aromatic nitrogens is 1. The third-order valence-electron chi connectivity index (χ3n) is 3.34. The number of nitrogens with one attached hydrogen (secondary N) is 2. The van der Waals surface area contributed by atoms with Crippen LogP contribution in [0.15, 0.2) is 24.5 Å². The van der Waals surface area contributed by atoms with Gasteiger partial charge in [0, 0.05) is 38.6 Å². The zero-order valence-corrected chi connectivity index (χ0v) is 11.7. The van der Waals surface area contributed by atoms with Crippen LogP contribution in [0, 0.1) is 0 Å². The van der Waals surface area contributed by atoms with Crippen molar-refractivity contribution < 1.29 is 14.0 Å². The van der Waals surface area contributed by atoms with Gasteiger partial charge in [0.05, 0.1) is 12.5 Å². The van der Waals surface area contributed by atoms with E-state index < -0.39 is 12.7 Å². The first kappa shape index (κ1) is 15.4. The zero-order chi connectivity index (χ0) is 15.1. The highest BCUT2D eigenvalue weighted by atomic mass is 19.1. The third kappa shape index (κ3) is 4.49. The van der Waals surface area contributed by atoms with Crippen LogP contribution in [0.2, 0.25) is 0 Å². The van der Waals surface area contributed by atoms with Crippen LogP contribution in [0.25, 0.3) is 0 Å². The van der Waals surface area contributed by atoms with Crippen molar-refractivity contribution in [1.82, 2.24) is 20.5 Å². The van der Waals surface area contributed by atoms with Gasteiger partial charge in [-0.15, -0.1) is 0 Å². The van der Waals surface area contributed by atoms with Crippen LogP contribution in [0.3, 0.4) is 0 Å². The Morgan fingerprint density at radius 3 is 3.14 bits per heavy atom. The molecular formula is C14H19FN4O2. The van der Waals surface area contributed by atoms with E-state index in [1.165, 1.54) is 4.90 Å². The van der Waals surface area contributed by atoms with Crippen molar-refractivity contribution in [3.8, 4) is 0 Å². The number of halogens is 1. The number of nitrogens with zero attached hydrogens (tertiary/aromatic N) is 2. The Morgan fingerprint density at radius 1 is 1.57 bits per heavy atom. The molecule has 0 bridgehead atoms. The van der Waals surface area contributed by atoms with Gasteiger partial charge in [-0.3, -0.25) is 14.6 Å². The van der Waals surface area contributed by atoms with Crippen molar-refractivity contribution in [3.05, 3.63) is 30.1 Å². The molecular weight excluding hydrogens is 275 g/mol. The fraction of sp³-hybridized carbons (Fsp3) is 0.500. The quantitative estimate of drug-likeness (QED) is 0.766. The van der Waals surface area contributed by atoms with Crippen molar-refractivity contribution in [2.45, 2.75) is 19.0 Å². The summed E-state index contributed by atoms with van der Waals surface area (Å²) in [5, 5.41) is 5.75. The monoisotopic (exact) mass is 294 g/mol. The van der Waals surface area contributed by atoms with Crippen molar-refractivity contribution in [2.75, 3.05) is 26.3 Å². The Hall–Kier alpha value is -2.02. The van der Waals surface area contributed by atoms with Gasteiger partial charge >= 0.3 is 0 Å². The number of amides is 2. The molecule has 0 aromatic carbocycles. The number of hydrogen-bond acceptors (Lipinski definition) is 4. The molecule has 114 valence electrons. The number of carbonyl (C=O) groups is 2. The summed E-state index contributed by atoms with van der Waals surface area (Å²) < 4.78 is 12.3. The maximum absolute atomic E-state index is 12.3. The summed E-state index contributed by atoms with van der Waals surface area (Å²) in [5.74, 6) is -0.428. The van der Waals surface area contributed by atoms with Gasteiger partial charge in [0.2, 0.25) is 11.8 Å². The summed E-state index contributed by atoms with van der Waals surface area (Å²) in [6.45, 7) is 0.963. The van der Waals surface area contributed by atoms with Crippen LogP contribution in [0.4, 0.5) is 4.39 Å². The molecule has 1 unspecified atom stereocenters. The van der Waals surface area contributed by atoms with Crippen LogP contribution in [-0.2, 0) is 16.1 Å². The molecule has 0 radical (unpaired) electrons. The lowest BCUT2D eigenvalue weighted by atomic mass is 10.1. The van der Waals surface area contributed by atoms with E-state index in [9.17, 15) is 14.0 Å². The molecule has 7 heteroatoms. The van der Waals surface area contributed by atoms with E-state index in [4.69, 9.17) is 0 Å². The number of rotatable bonds is 6. The first-order chi connectivity index (χ1) is 10.2. The number of hydrogen-bond donors (Lipinski definition) is 2. The van der Waals surface area contributed by atoms with Crippen molar-refractivity contribution >= 4 is 11.8 Å². The molecule has 0 spiro atoms. The topological polar surface area (TPSA) is 74.3 Å². The third-order valence-corrected chi connectivity index (χ3v) is 3.34. The van der Waals surface area contributed by atoms with Gasteiger partial charge in [0.25, 0.3) is 0 Å². The average Bonchev–Trinajstić information content (AvgIpc) is 2.50. The van der Waals surface area contributed by atoms with Gasteiger partial charge in [0.15, 0.2) is 0 Å². The maximum atomic E-state index is 12.3. The molecule has 1 fully saturated rings. The highest BCUT2D eigenvalue weighted by Gasteiger charge is 2.29. The summed E-state index contributed by atoms with van der Waals surface area (Å²) in [6, 6.07) is 3.09. The predicted molar refractivity (Wildman–Crippen MR) is 75.0 cm³/mol. The minimum absolute atomic E-state index is 0.0574. The summed E-state index contributed by atoms with van der Waals surface area (Å²) in [7, 11) is 0. The molecule has 1 aromatic heterocycles. The largest absolute Gasteiger partial charge is 0.352 e. The molecule has 2 heterocycles. The van der Waals surface area contributed by atoms with Crippen molar-refractivity contribution in [3.63, 3.8) is 0 Å². The molecule has 1 aliphatic heterocycles. The number of carbonyl (C=O) groups excluding carboxylic acids is 2. The van der Waals surface area contributed by atoms with E-state index >= 15 is 0 Å². The van der Waals surface area contributed by atoms with Crippen LogP contribution in [0.1, 0.15) is 12.0 Å². The van der Waals surface area contributed by atoms with E-state index in [1.807, 2.05) is 6.07 Å². The normalized spacial score (nSPS) is 18.6. The van der Waals surface area contributed by atoms with Crippen molar-refractivity contribution in [1.29, 1.82) is 0 Å². The molecule has 2 rings (SSSR count). The van der Waals surface area contributed by atoms with E-state index in [0.717, 1.165) is 5.56 Å². The Balaban J connectivity index is 1.80. The lowest BCUT2D eigenvalue weighted by molar-refractivity contribution is -0.138. The number of pyridine rings is 1. The molecule has 1 saturated heterocycles. The second-order valence-electron chi connectivity index (χ2n) is 4.86. The van der Waals surface area contributed by atoms with Gasteiger partial charge in [-0.25, -0.2) is 4.39 Å². The lowest BCUT2D eigenvalue weighted by Gasteiger charge is -2.32. The average molecular weight is 294 g/mol. The Morgan fingerprint density at radius 2 is 2.43 bits per heavy atom. The van der Waals surface area contributed by atoms with E-state index in [2.05, 4.69) is 15.6 Å². The Labute approximate surface area is 122 Å². The van der Waals surface area contributed by atoms with Gasteiger partial charge in [-0.2, -0.15) is 0 Å². The van der Waals surface area contributed by atoms with Crippen LogP contribution in [0.5, 0.6) is 0 Å². The molecule has 2 N–H and O–H groups in total. The highest BCUT2D eigenvalue weighted by molar-refractivity contribution is 5.88. The smallest absolute Gasteiger partial charge is 0.240 e. The van der Waals surface area contributed by atoms with Crippen LogP contribution >= 0.6 is 0 Å². The molecule has 6 nitrogen and oxygen atoms in total. The van der Waals surface area contributed by atoms with Crippen LogP contribution in [-0.4, -0.2) is 54.0 Å². The first-order valence-electron chi connectivity index (χ1n) is 6.94. The Kier molecular flexibility index (Phi) is 5.62. The summed E-state index contributed by atoms with van der Waals surface area (Å²) in [4.78, 5) is 29.3. The van der Waals surface area contributed by atoms with Gasteiger partial charge in [-0.05, 0) is 11.6 Å². The SMILES string of the molecule is O=C(CC1NCCN(CCF)C1=O)NCc1cccnc1. The molecule has 0 aliphatic carbocycles. The van der Waals surface area contributed by atoms with Crippen LogP contribution < -0.4 is 10.6 Å². The fourth-order valence-corrected chi connectivity index (χ4v) is 2.24. The first-order valence-corrected chi connectivity index (χ1v) is 6.94. The molecule has 2 amide bonds. The van der Waals surface area contributed by atoms with E-state index in [1.54, 1.807) is 18.5 Å².